The van der Waals surface area contributed by atoms with Gasteiger partial charge in [-0.2, -0.15) is 0 Å². The normalized spacial score (nSPS) is 10.1. The molecule has 0 fully saturated rings. The van der Waals surface area contributed by atoms with Crippen LogP contribution in [0.1, 0.15) is 12.5 Å². The fourth-order valence-electron chi connectivity index (χ4n) is 1.56. The number of aryl methyl sites for hydroxylation is 1. The van der Waals surface area contributed by atoms with E-state index in [0.717, 1.165) is 10.0 Å². The highest BCUT2D eigenvalue weighted by Crippen LogP contribution is 2.23. The van der Waals surface area contributed by atoms with Crippen LogP contribution in [0.2, 0.25) is 0 Å². The van der Waals surface area contributed by atoms with Crippen molar-refractivity contribution in [3.05, 3.63) is 28.2 Å². The minimum Gasteiger partial charge on any atom is -0.395 e. The number of rotatable bonds is 4. The summed E-state index contributed by atoms with van der Waals surface area (Å²) < 4.78 is 0.721. The molecule has 0 aliphatic heterocycles. The number of hydrogen-bond acceptors (Lipinski definition) is 3. The van der Waals surface area contributed by atoms with E-state index in [1.54, 1.807) is 13.0 Å². The molecule has 1 aromatic carbocycles. The zero-order valence-corrected chi connectivity index (χ0v) is 12.5. The van der Waals surface area contributed by atoms with Crippen molar-refractivity contribution < 1.29 is 14.7 Å². The second-order valence-electron chi connectivity index (χ2n) is 4.05. The Labute approximate surface area is 120 Å². The average molecular weight is 329 g/mol. The van der Waals surface area contributed by atoms with E-state index in [-0.39, 0.29) is 13.2 Å². The molecule has 2 N–H and O–H groups in total. The Morgan fingerprint density at radius 1 is 1.42 bits per heavy atom. The van der Waals surface area contributed by atoms with Crippen LogP contribution in [0.4, 0.5) is 5.69 Å². The van der Waals surface area contributed by atoms with Crippen molar-refractivity contribution in [1.82, 2.24) is 4.90 Å². The standard InChI is InChI=1S/C13H17BrN2O3/c1-3-16(6-7-17)13(19)12(18)15-11-5-4-9(2)8-10(11)14/h4-5,8,17H,3,6-7H2,1-2H3,(H,15,18). The highest BCUT2D eigenvalue weighted by atomic mass is 79.9. The molecule has 104 valence electrons. The van der Waals surface area contributed by atoms with Crippen LogP contribution in [-0.4, -0.2) is 41.5 Å². The highest BCUT2D eigenvalue weighted by molar-refractivity contribution is 9.10. The van der Waals surface area contributed by atoms with E-state index in [2.05, 4.69) is 21.2 Å². The summed E-state index contributed by atoms with van der Waals surface area (Å²) in [7, 11) is 0. The molecule has 0 saturated heterocycles. The fourth-order valence-corrected chi connectivity index (χ4v) is 2.16. The van der Waals surface area contributed by atoms with Gasteiger partial charge in [0.1, 0.15) is 0 Å². The number of benzene rings is 1. The van der Waals surface area contributed by atoms with Gasteiger partial charge in [0.2, 0.25) is 0 Å². The third kappa shape index (κ3) is 4.33. The smallest absolute Gasteiger partial charge is 0.313 e. The molecule has 1 aromatic rings. The zero-order valence-electron chi connectivity index (χ0n) is 10.9. The topological polar surface area (TPSA) is 69.6 Å². The molecule has 0 heterocycles. The van der Waals surface area contributed by atoms with Crippen LogP contribution < -0.4 is 5.32 Å². The summed E-state index contributed by atoms with van der Waals surface area (Å²) in [6.45, 7) is 4.05. The predicted molar refractivity (Wildman–Crippen MR) is 76.8 cm³/mol. The Morgan fingerprint density at radius 3 is 2.63 bits per heavy atom. The largest absolute Gasteiger partial charge is 0.395 e. The Hall–Kier alpha value is -1.40. The van der Waals surface area contributed by atoms with Crippen molar-refractivity contribution in [2.75, 3.05) is 25.0 Å². The molecule has 1 rings (SSSR count). The van der Waals surface area contributed by atoms with Crippen LogP contribution in [-0.2, 0) is 9.59 Å². The number of carbonyl (C=O) groups is 2. The number of nitrogens with one attached hydrogen (secondary N) is 1. The first-order valence-electron chi connectivity index (χ1n) is 5.96. The summed E-state index contributed by atoms with van der Waals surface area (Å²) in [5.74, 6) is -1.36. The third-order valence-corrected chi connectivity index (χ3v) is 3.26. The average Bonchev–Trinajstić information content (AvgIpc) is 2.38. The predicted octanol–water partition coefficient (Wildman–Crippen LogP) is 1.54. The second kappa shape index (κ2) is 7.25. The van der Waals surface area contributed by atoms with E-state index in [9.17, 15) is 9.59 Å². The summed E-state index contributed by atoms with van der Waals surface area (Å²) in [5, 5.41) is 11.4. The Balaban J connectivity index is 2.76. The SMILES string of the molecule is CCN(CCO)C(=O)C(=O)Nc1ccc(C)cc1Br. The van der Waals surface area contributed by atoms with Gasteiger partial charge in [-0.1, -0.05) is 6.07 Å². The fraction of sp³-hybridized carbons (Fsp3) is 0.385. The third-order valence-electron chi connectivity index (χ3n) is 2.61. The number of hydrogen-bond donors (Lipinski definition) is 2. The van der Waals surface area contributed by atoms with Crippen LogP contribution in [0.15, 0.2) is 22.7 Å². The van der Waals surface area contributed by atoms with Gasteiger partial charge in [0.15, 0.2) is 0 Å². The van der Waals surface area contributed by atoms with Crippen LogP contribution in [0.3, 0.4) is 0 Å². The van der Waals surface area contributed by atoms with Gasteiger partial charge in [-0.05, 0) is 47.5 Å². The number of aliphatic hydroxyl groups excluding tert-OH is 1. The lowest BCUT2D eigenvalue weighted by Gasteiger charge is -2.19. The molecule has 0 aliphatic rings. The molecule has 6 heteroatoms. The van der Waals surface area contributed by atoms with Crippen molar-refractivity contribution in [3.8, 4) is 0 Å². The van der Waals surface area contributed by atoms with E-state index < -0.39 is 11.8 Å². The van der Waals surface area contributed by atoms with Gasteiger partial charge in [0.05, 0.1) is 12.3 Å². The molecule has 0 radical (unpaired) electrons. The molecule has 0 atom stereocenters. The minimum atomic E-state index is -0.708. The number of carbonyl (C=O) groups excluding carboxylic acids is 2. The van der Waals surface area contributed by atoms with Gasteiger partial charge in [0, 0.05) is 17.6 Å². The molecule has 0 bridgehead atoms. The quantitative estimate of drug-likeness (QED) is 0.823. The van der Waals surface area contributed by atoms with Crippen molar-refractivity contribution in [2.24, 2.45) is 0 Å². The summed E-state index contributed by atoms with van der Waals surface area (Å²) in [4.78, 5) is 24.9. The molecule has 19 heavy (non-hydrogen) atoms. The highest BCUT2D eigenvalue weighted by Gasteiger charge is 2.20. The number of aliphatic hydroxyl groups is 1. The van der Waals surface area contributed by atoms with Gasteiger partial charge < -0.3 is 15.3 Å². The van der Waals surface area contributed by atoms with Gasteiger partial charge >= 0.3 is 11.8 Å². The van der Waals surface area contributed by atoms with Crippen LogP contribution >= 0.6 is 15.9 Å². The summed E-state index contributed by atoms with van der Waals surface area (Å²) in [6, 6.07) is 5.43. The van der Waals surface area contributed by atoms with Gasteiger partial charge in [-0.25, -0.2) is 0 Å². The van der Waals surface area contributed by atoms with E-state index in [4.69, 9.17) is 5.11 Å². The first-order valence-corrected chi connectivity index (χ1v) is 6.76. The molecule has 5 nitrogen and oxygen atoms in total. The maximum Gasteiger partial charge on any atom is 0.313 e. The maximum absolute atomic E-state index is 11.8. The number of amides is 2. The lowest BCUT2D eigenvalue weighted by atomic mass is 10.2. The monoisotopic (exact) mass is 328 g/mol. The maximum atomic E-state index is 11.8. The van der Waals surface area contributed by atoms with Crippen molar-refractivity contribution in [2.45, 2.75) is 13.8 Å². The van der Waals surface area contributed by atoms with Crippen molar-refractivity contribution >= 4 is 33.4 Å². The molecular formula is C13H17BrN2O3. The second-order valence-corrected chi connectivity index (χ2v) is 4.90. The number of anilines is 1. The molecule has 0 saturated carbocycles. The van der Waals surface area contributed by atoms with Crippen LogP contribution in [0.25, 0.3) is 0 Å². The Bertz CT molecular complexity index is 477. The molecule has 0 spiro atoms. The zero-order chi connectivity index (χ0) is 14.4. The first kappa shape index (κ1) is 15.7. The number of nitrogens with zero attached hydrogens (tertiary/aromatic N) is 1. The van der Waals surface area contributed by atoms with E-state index >= 15 is 0 Å². The molecular weight excluding hydrogens is 312 g/mol. The Kier molecular flexibility index (Phi) is 5.98. The molecule has 0 aliphatic carbocycles. The molecule has 0 unspecified atom stereocenters. The van der Waals surface area contributed by atoms with Crippen molar-refractivity contribution in [3.63, 3.8) is 0 Å². The van der Waals surface area contributed by atoms with Crippen LogP contribution in [0, 0.1) is 6.92 Å². The lowest BCUT2D eigenvalue weighted by molar-refractivity contribution is -0.143. The minimum absolute atomic E-state index is 0.151. The van der Waals surface area contributed by atoms with E-state index in [1.807, 2.05) is 19.1 Å². The molecule has 0 aromatic heterocycles. The summed E-state index contributed by atoms with van der Waals surface area (Å²) in [6.07, 6.45) is 0. The Morgan fingerprint density at radius 2 is 2.11 bits per heavy atom. The van der Waals surface area contributed by atoms with Gasteiger partial charge in [-0.15, -0.1) is 0 Å². The number of likely N-dealkylation sites (N-methyl/N-ethyl adjacent to an activating group) is 1. The summed E-state index contributed by atoms with van der Waals surface area (Å²) in [5.41, 5.74) is 1.59. The van der Waals surface area contributed by atoms with Crippen molar-refractivity contribution in [1.29, 1.82) is 0 Å². The van der Waals surface area contributed by atoms with E-state index in [0.29, 0.717) is 12.2 Å². The van der Waals surface area contributed by atoms with Gasteiger partial charge in [0.25, 0.3) is 0 Å². The van der Waals surface area contributed by atoms with Crippen LogP contribution in [0.5, 0.6) is 0 Å². The molecule has 2 amide bonds. The number of halogens is 1. The lowest BCUT2D eigenvalue weighted by Crippen LogP contribution is -2.41. The van der Waals surface area contributed by atoms with E-state index in [1.165, 1.54) is 4.90 Å². The summed E-state index contributed by atoms with van der Waals surface area (Å²) >= 11 is 3.33. The first-order chi connectivity index (χ1) is 8.99. The van der Waals surface area contributed by atoms with Gasteiger partial charge in [-0.3, -0.25) is 9.59 Å².